The van der Waals surface area contributed by atoms with Crippen LogP contribution in [0.15, 0.2) is 18.5 Å². The summed E-state index contributed by atoms with van der Waals surface area (Å²) in [6.45, 7) is 3.20. The minimum atomic E-state index is -2.93. The first-order valence-corrected chi connectivity index (χ1v) is 11.7. The Hall–Kier alpha value is -0.840. The van der Waals surface area contributed by atoms with Gasteiger partial charge in [0.15, 0.2) is 0 Å². The molecule has 0 aromatic carbocycles. The number of halogens is 1. The molecule has 3 heterocycles. The third-order valence-electron chi connectivity index (χ3n) is 4.35. The van der Waals surface area contributed by atoms with E-state index in [4.69, 9.17) is 27.9 Å². The van der Waals surface area contributed by atoms with Crippen LogP contribution in [-0.4, -0.2) is 51.7 Å². The number of fused-ring (bicyclic) bond motifs is 2. The van der Waals surface area contributed by atoms with E-state index in [9.17, 15) is 8.42 Å². The maximum absolute atomic E-state index is 10.6. The molecule has 148 valence electrons. The first kappa shape index (κ1) is 21.5. The Balaban J connectivity index is 0.000000199. The molecule has 1 spiro atoms. The van der Waals surface area contributed by atoms with Crippen LogP contribution in [0.3, 0.4) is 0 Å². The Morgan fingerprint density at radius 3 is 2.77 bits per heavy atom. The minimum Gasteiger partial charge on any atom is -0.403 e. The quantitative estimate of drug-likeness (QED) is 0.493. The minimum absolute atomic E-state index is 0.0172. The van der Waals surface area contributed by atoms with E-state index in [0.29, 0.717) is 0 Å². The number of rotatable bonds is 4. The molecule has 0 bridgehead atoms. The van der Waals surface area contributed by atoms with E-state index in [1.165, 1.54) is 27.8 Å². The van der Waals surface area contributed by atoms with Gasteiger partial charge in [0.2, 0.25) is 0 Å². The smallest absolute Gasteiger partial charge is 0.149 e. The van der Waals surface area contributed by atoms with Gasteiger partial charge in [-0.05, 0) is 44.0 Å². The van der Waals surface area contributed by atoms with Gasteiger partial charge in [-0.1, -0.05) is 11.6 Å². The zero-order valence-corrected chi connectivity index (χ0v) is 17.3. The SMILES string of the molecule is CS(=O)(=O)CCN(N)/C=C\N.Clc1cc2c(s1)C1(CCNCC1)OCC2. The Morgan fingerprint density at radius 1 is 1.46 bits per heavy atom. The molecule has 5 N–H and O–H groups in total. The first-order chi connectivity index (χ1) is 12.3. The van der Waals surface area contributed by atoms with Crippen LogP contribution in [0.4, 0.5) is 0 Å². The standard InChI is InChI=1S/C11H14ClNOS.C5H13N3O2S/c12-9-7-8-1-6-14-11(10(8)15-9)2-4-13-5-3-11;1-11(9,10)5-4-8(7)3-2-6/h7,13H,1-6H2;2-3H,4-7H2,1H3/b;3-2-. The van der Waals surface area contributed by atoms with Gasteiger partial charge < -0.3 is 20.8 Å². The summed E-state index contributed by atoms with van der Waals surface area (Å²) in [4.78, 5) is 1.39. The Kier molecular flexibility index (Phi) is 7.75. The van der Waals surface area contributed by atoms with Crippen molar-refractivity contribution in [2.75, 3.05) is 38.2 Å². The van der Waals surface area contributed by atoms with Crippen LogP contribution in [0.5, 0.6) is 0 Å². The van der Waals surface area contributed by atoms with Gasteiger partial charge in [-0.3, -0.25) is 0 Å². The van der Waals surface area contributed by atoms with Gasteiger partial charge in [0, 0.05) is 30.1 Å². The molecule has 2 aliphatic rings. The van der Waals surface area contributed by atoms with Crippen molar-refractivity contribution in [3.05, 3.63) is 33.2 Å². The molecule has 0 atom stereocenters. The second kappa shape index (κ2) is 9.38. The highest BCUT2D eigenvalue weighted by Gasteiger charge is 2.40. The Bertz CT molecular complexity index is 715. The molecule has 1 saturated heterocycles. The number of nitrogens with zero attached hydrogens (tertiary/aromatic N) is 1. The second-order valence-electron chi connectivity index (χ2n) is 6.46. The van der Waals surface area contributed by atoms with E-state index in [1.54, 1.807) is 11.3 Å². The van der Waals surface area contributed by atoms with E-state index < -0.39 is 9.84 Å². The van der Waals surface area contributed by atoms with Crippen LogP contribution in [-0.2, 0) is 26.6 Å². The molecule has 3 rings (SSSR count). The second-order valence-corrected chi connectivity index (χ2v) is 10.4. The van der Waals surface area contributed by atoms with Crippen molar-refractivity contribution >= 4 is 32.8 Å². The van der Waals surface area contributed by atoms with Crippen LogP contribution in [0.25, 0.3) is 0 Å². The molecule has 0 aliphatic carbocycles. The van der Waals surface area contributed by atoms with Crippen LogP contribution in [0, 0.1) is 0 Å². The fraction of sp³-hybridized carbons (Fsp3) is 0.625. The van der Waals surface area contributed by atoms with Crippen molar-refractivity contribution in [3.63, 3.8) is 0 Å². The Morgan fingerprint density at radius 2 is 2.15 bits per heavy atom. The third kappa shape index (κ3) is 6.11. The molecule has 0 unspecified atom stereocenters. The molecule has 0 radical (unpaired) electrons. The zero-order valence-electron chi connectivity index (χ0n) is 14.9. The Labute approximate surface area is 164 Å². The topological polar surface area (TPSA) is 111 Å². The van der Waals surface area contributed by atoms with E-state index in [-0.39, 0.29) is 17.9 Å². The van der Waals surface area contributed by atoms with Crippen LogP contribution in [0.2, 0.25) is 4.34 Å². The lowest BCUT2D eigenvalue weighted by Crippen LogP contribution is -2.43. The molecule has 7 nitrogen and oxygen atoms in total. The molecule has 10 heteroatoms. The van der Waals surface area contributed by atoms with Crippen LogP contribution < -0.4 is 16.9 Å². The number of hydrogen-bond acceptors (Lipinski definition) is 8. The van der Waals surface area contributed by atoms with E-state index in [0.717, 1.165) is 49.6 Å². The van der Waals surface area contributed by atoms with E-state index in [1.807, 2.05) is 0 Å². The van der Waals surface area contributed by atoms with Gasteiger partial charge in [-0.25, -0.2) is 14.3 Å². The van der Waals surface area contributed by atoms with Gasteiger partial charge in [0.25, 0.3) is 0 Å². The molecular weight excluding hydrogens is 396 g/mol. The maximum atomic E-state index is 10.6. The van der Waals surface area contributed by atoms with E-state index >= 15 is 0 Å². The zero-order chi connectivity index (χ0) is 19.2. The average molecular weight is 423 g/mol. The van der Waals surface area contributed by atoms with Gasteiger partial charge >= 0.3 is 0 Å². The molecule has 26 heavy (non-hydrogen) atoms. The highest BCUT2D eigenvalue weighted by atomic mass is 35.5. The molecule has 1 fully saturated rings. The third-order valence-corrected chi connectivity index (χ3v) is 6.77. The maximum Gasteiger partial charge on any atom is 0.149 e. The molecule has 1 aromatic heterocycles. The number of hydrazine groups is 1. The molecule has 0 saturated carbocycles. The summed E-state index contributed by atoms with van der Waals surface area (Å²) >= 11 is 7.81. The molecule has 1 aromatic rings. The summed E-state index contributed by atoms with van der Waals surface area (Å²) in [5.74, 6) is 5.33. The largest absolute Gasteiger partial charge is 0.403 e. The van der Waals surface area contributed by atoms with Crippen LogP contribution in [0.1, 0.15) is 23.3 Å². The van der Waals surface area contributed by atoms with E-state index in [2.05, 4.69) is 11.4 Å². The van der Waals surface area contributed by atoms with Gasteiger partial charge in [0.1, 0.15) is 15.4 Å². The average Bonchev–Trinajstić information content (AvgIpc) is 2.96. The van der Waals surface area contributed by atoms with Crippen molar-refractivity contribution in [2.45, 2.75) is 24.9 Å². The van der Waals surface area contributed by atoms with Gasteiger partial charge in [-0.2, -0.15) is 0 Å². The lowest BCUT2D eigenvalue weighted by atomic mass is 9.86. The molecule has 2 aliphatic heterocycles. The van der Waals surface area contributed by atoms with Crippen molar-refractivity contribution < 1.29 is 13.2 Å². The number of nitrogens with one attached hydrogen (secondary N) is 1. The number of ether oxygens (including phenoxy) is 1. The number of sulfone groups is 1. The summed E-state index contributed by atoms with van der Waals surface area (Å²) in [6, 6.07) is 2.12. The van der Waals surface area contributed by atoms with Crippen molar-refractivity contribution in [1.29, 1.82) is 0 Å². The monoisotopic (exact) mass is 422 g/mol. The highest BCUT2D eigenvalue weighted by molar-refractivity contribution is 7.90. The summed E-state index contributed by atoms with van der Waals surface area (Å²) in [6.07, 6.45) is 7.00. The molecular formula is C16H27ClN4O3S2. The fourth-order valence-corrected chi connectivity index (χ4v) is 5.09. The predicted molar refractivity (Wildman–Crippen MR) is 107 cm³/mol. The number of hydrogen-bond donors (Lipinski definition) is 3. The van der Waals surface area contributed by atoms with Gasteiger partial charge in [0.05, 0.1) is 16.7 Å². The number of piperidine rings is 1. The fourth-order valence-electron chi connectivity index (χ4n) is 3.05. The summed E-state index contributed by atoms with van der Waals surface area (Å²) in [5, 5.41) is 4.61. The summed E-state index contributed by atoms with van der Waals surface area (Å²) < 4.78 is 28.2. The van der Waals surface area contributed by atoms with Crippen molar-refractivity contribution in [3.8, 4) is 0 Å². The predicted octanol–water partition coefficient (Wildman–Crippen LogP) is 1.19. The summed E-state index contributed by atoms with van der Waals surface area (Å²) in [5.41, 5.74) is 6.41. The lowest BCUT2D eigenvalue weighted by Gasteiger charge is -2.40. The number of nitrogens with two attached hydrogens (primary N) is 2. The normalized spacial score (nSPS) is 19.0. The van der Waals surface area contributed by atoms with Gasteiger partial charge in [-0.15, -0.1) is 11.3 Å². The molecule has 0 amide bonds. The van der Waals surface area contributed by atoms with Crippen molar-refractivity contribution in [1.82, 2.24) is 10.3 Å². The lowest BCUT2D eigenvalue weighted by molar-refractivity contribution is -0.0771. The highest BCUT2D eigenvalue weighted by Crippen LogP contribution is 2.45. The van der Waals surface area contributed by atoms with Crippen molar-refractivity contribution in [2.24, 2.45) is 11.6 Å². The summed E-state index contributed by atoms with van der Waals surface area (Å²) in [7, 11) is -2.93. The van der Waals surface area contributed by atoms with Crippen LogP contribution >= 0.6 is 22.9 Å². The number of thiophene rings is 1. The first-order valence-electron chi connectivity index (χ1n) is 8.46.